The number of aromatic nitrogens is 3. The minimum atomic E-state index is -0.402. The van der Waals surface area contributed by atoms with Crippen LogP contribution in [0.4, 0.5) is 0 Å². The van der Waals surface area contributed by atoms with Crippen LogP contribution in [-0.4, -0.2) is 26.6 Å². The number of allylic oxidation sites excluding steroid dienone is 1. The highest BCUT2D eigenvalue weighted by molar-refractivity contribution is 6.20. The number of amides is 1. The predicted octanol–water partition coefficient (Wildman–Crippen LogP) is 3.63. The molecule has 156 valence electrons. The monoisotopic (exact) mass is 422 g/mol. The number of carbonyl (C=O) groups excluding carboxylic acids is 1. The average molecular weight is 423 g/mol. The first kappa shape index (κ1) is 21.7. The summed E-state index contributed by atoms with van der Waals surface area (Å²) in [6.07, 6.45) is 9.03. The quantitative estimate of drug-likeness (QED) is 0.596. The largest absolute Gasteiger partial charge is 0.351 e. The van der Waals surface area contributed by atoms with Crippen LogP contribution in [0.3, 0.4) is 0 Å². The van der Waals surface area contributed by atoms with Gasteiger partial charge >= 0.3 is 0 Å². The third-order valence-corrected chi connectivity index (χ3v) is 5.06. The maximum absolute atomic E-state index is 12.9. The summed E-state index contributed by atoms with van der Waals surface area (Å²) in [7, 11) is 0. The Kier molecular flexibility index (Phi) is 6.95. The third-order valence-electron chi connectivity index (χ3n) is 4.91. The molecule has 4 rings (SSSR count). The van der Waals surface area contributed by atoms with E-state index in [1.165, 1.54) is 0 Å². The van der Waals surface area contributed by atoms with Gasteiger partial charge in [-0.15, -0.1) is 11.6 Å². The number of alkyl halides is 1. The number of benzene rings is 1. The molecule has 1 fully saturated rings. The fourth-order valence-electron chi connectivity index (χ4n) is 3.28. The molecule has 6 heteroatoms. The number of rotatable bonds is 6. The number of nitrogens with one attached hydrogen (secondary N) is 2. The summed E-state index contributed by atoms with van der Waals surface area (Å²) in [5.41, 5.74) is 1.96. The predicted molar refractivity (Wildman–Crippen MR) is 123 cm³/mol. The topological polar surface area (TPSA) is 62.7 Å². The van der Waals surface area contributed by atoms with Crippen molar-refractivity contribution in [3.05, 3.63) is 83.3 Å². The highest BCUT2D eigenvalue weighted by atomic mass is 35.5. The molecule has 2 heterocycles. The van der Waals surface area contributed by atoms with Gasteiger partial charge in [0.1, 0.15) is 5.69 Å². The zero-order valence-electron chi connectivity index (χ0n) is 17.4. The molecule has 1 aliphatic carbocycles. The zero-order chi connectivity index (χ0) is 21.6. The molecule has 1 aromatic carbocycles. The molecule has 1 saturated carbocycles. The van der Waals surface area contributed by atoms with Gasteiger partial charge < -0.3 is 10.3 Å². The summed E-state index contributed by atoms with van der Waals surface area (Å²) < 4.78 is 1.83. The van der Waals surface area contributed by atoms with Crippen molar-refractivity contribution in [3.8, 4) is 5.69 Å². The molecule has 0 aliphatic heterocycles. The van der Waals surface area contributed by atoms with Crippen molar-refractivity contribution < 1.29 is 4.79 Å². The van der Waals surface area contributed by atoms with E-state index < -0.39 is 5.54 Å². The molecule has 30 heavy (non-hydrogen) atoms. The first-order valence-electron chi connectivity index (χ1n) is 10.2. The van der Waals surface area contributed by atoms with Gasteiger partial charge in [-0.2, -0.15) is 5.10 Å². The van der Waals surface area contributed by atoms with Crippen molar-refractivity contribution in [1.29, 1.82) is 0 Å². The fourth-order valence-corrected chi connectivity index (χ4v) is 3.44. The van der Waals surface area contributed by atoms with Crippen molar-refractivity contribution in [2.75, 3.05) is 5.88 Å². The lowest BCUT2D eigenvalue weighted by Gasteiger charge is -2.14. The first-order valence-corrected chi connectivity index (χ1v) is 10.7. The molecular weight excluding hydrogens is 396 g/mol. The summed E-state index contributed by atoms with van der Waals surface area (Å²) in [4.78, 5) is 16.0. The molecule has 2 N–H and O–H groups in total. The molecular formula is C24H27ClN4O. The fraction of sp³-hybridized carbons (Fsp3) is 0.250. The van der Waals surface area contributed by atoms with Crippen LogP contribution in [0.1, 0.15) is 42.9 Å². The molecule has 0 radical (unpaired) electrons. The number of para-hydroxylation sites is 1. The maximum atomic E-state index is 12.9. The van der Waals surface area contributed by atoms with E-state index in [1.807, 2.05) is 79.3 Å². The number of H-pyrrole nitrogens is 1. The smallest absolute Gasteiger partial charge is 0.268 e. The summed E-state index contributed by atoms with van der Waals surface area (Å²) in [5, 5.41) is 9.55. The van der Waals surface area contributed by atoms with Gasteiger partial charge in [-0.3, -0.25) is 4.79 Å². The molecule has 0 spiro atoms. The Morgan fingerprint density at radius 1 is 1.30 bits per heavy atom. The minimum Gasteiger partial charge on any atom is -0.351 e. The number of hydrogen-bond acceptors (Lipinski definition) is 2. The van der Waals surface area contributed by atoms with Crippen molar-refractivity contribution >= 4 is 29.7 Å². The maximum Gasteiger partial charge on any atom is 0.268 e. The summed E-state index contributed by atoms with van der Waals surface area (Å²) in [6, 6.07) is 13.7. The molecule has 2 aromatic heterocycles. The van der Waals surface area contributed by atoms with Crippen molar-refractivity contribution in [2.24, 2.45) is 0 Å². The molecule has 1 amide bonds. The molecule has 1 aliphatic rings. The van der Waals surface area contributed by atoms with Gasteiger partial charge in [0.15, 0.2) is 0 Å². The number of nitrogens with zero attached hydrogens (tertiary/aromatic N) is 2. The molecule has 0 saturated heterocycles. The molecule has 3 aromatic rings. The van der Waals surface area contributed by atoms with Crippen LogP contribution >= 0.6 is 11.6 Å². The second-order valence-corrected chi connectivity index (χ2v) is 7.14. The SMILES string of the molecule is C=C/C=c1/[nH]c(C(=O)NC2(c3ccn(-c4ccccc4)n3)CC2)c/c1=C/CCl.CC. The molecule has 5 nitrogen and oxygen atoms in total. The number of halogens is 1. The van der Waals surface area contributed by atoms with Crippen molar-refractivity contribution in [2.45, 2.75) is 32.2 Å². The Hall–Kier alpha value is -3.05. The van der Waals surface area contributed by atoms with Crippen LogP contribution in [-0.2, 0) is 5.54 Å². The second kappa shape index (κ2) is 9.63. The van der Waals surface area contributed by atoms with Crippen molar-refractivity contribution in [1.82, 2.24) is 20.1 Å². The van der Waals surface area contributed by atoms with Gasteiger partial charge in [-0.05, 0) is 48.4 Å². The van der Waals surface area contributed by atoms with Crippen LogP contribution in [0.5, 0.6) is 0 Å². The molecule has 0 bridgehead atoms. The van der Waals surface area contributed by atoms with Crippen LogP contribution < -0.4 is 15.9 Å². The van der Waals surface area contributed by atoms with E-state index >= 15 is 0 Å². The Bertz CT molecular complexity index is 1120. The Morgan fingerprint density at radius 3 is 2.67 bits per heavy atom. The molecule has 0 unspecified atom stereocenters. The van der Waals surface area contributed by atoms with Crippen LogP contribution in [0.15, 0.2) is 61.3 Å². The lowest BCUT2D eigenvalue weighted by Crippen LogP contribution is -2.35. The van der Waals surface area contributed by atoms with Gasteiger partial charge in [0, 0.05) is 17.4 Å². The first-order chi connectivity index (χ1) is 14.6. The van der Waals surface area contributed by atoms with Crippen molar-refractivity contribution in [3.63, 3.8) is 0 Å². The van der Waals surface area contributed by atoms with Gasteiger partial charge in [0.05, 0.1) is 16.9 Å². The van der Waals surface area contributed by atoms with Crippen LogP contribution in [0.25, 0.3) is 17.8 Å². The van der Waals surface area contributed by atoms with Crippen LogP contribution in [0.2, 0.25) is 0 Å². The van der Waals surface area contributed by atoms with E-state index in [-0.39, 0.29) is 5.91 Å². The standard InChI is InChI=1S/C22H21ClN4O.C2H6/c1-2-6-18-16(9-13-23)15-19(24-18)21(28)25-22(11-12-22)20-10-14-27(26-20)17-7-4-3-5-8-17;1-2/h2-10,14-15,24H,1,11-13H2,(H,25,28);1-2H3/b16-9-,18-6+;. The highest BCUT2D eigenvalue weighted by Gasteiger charge is 2.48. The summed E-state index contributed by atoms with van der Waals surface area (Å²) in [5.74, 6) is 0.220. The second-order valence-electron chi connectivity index (χ2n) is 6.83. The minimum absolute atomic E-state index is 0.153. The summed E-state index contributed by atoms with van der Waals surface area (Å²) in [6.45, 7) is 7.71. The van der Waals surface area contributed by atoms with Gasteiger partial charge in [-0.1, -0.05) is 50.8 Å². The Morgan fingerprint density at radius 2 is 2.03 bits per heavy atom. The normalized spacial score (nSPS) is 15.3. The van der Waals surface area contributed by atoms with E-state index in [4.69, 9.17) is 16.7 Å². The number of hydrogen-bond donors (Lipinski definition) is 2. The van der Waals surface area contributed by atoms with E-state index in [2.05, 4.69) is 16.9 Å². The lowest BCUT2D eigenvalue weighted by molar-refractivity contribution is 0.0925. The van der Waals surface area contributed by atoms with Gasteiger partial charge in [-0.25, -0.2) is 4.68 Å². The Balaban J connectivity index is 0.00000124. The molecule has 0 atom stereocenters. The van der Waals surface area contributed by atoms with Gasteiger partial charge in [0.25, 0.3) is 5.91 Å². The zero-order valence-corrected chi connectivity index (χ0v) is 18.1. The number of aromatic amines is 1. The Labute approximate surface area is 181 Å². The van der Waals surface area contributed by atoms with Crippen LogP contribution in [0, 0.1) is 0 Å². The van der Waals surface area contributed by atoms with E-state index in [0.717, 1.165) is 34.8 Å². The summed E-state index contributed by atoms with van der Waals surface area (Å²) >= 11 is 5.83. The van der Waals surface area contributed by atoms with E-state index in [0.29, 0.717) is 11.6 Å². The number of carbonyl (C=O) groups is 1. The van der Waals surface area contributed by atoms with E-state index in [1.54, 1.807) is 6.08 Å². The average Bonchev–Trinajstić information content (AvgIpc) is 3.20. The highest BCUT2D eigenvalue weighted by Crippen LogP contribution is 2.44. The van der Waals surface area contributed by atoms with Gasteiger partial charge in [0.2, 0.25) is 0 Å². The van der Waals surface area contributed by atoms with E-state index in [9.17, 15) is 4.79 Å². The lowest BCUT2D eigenvalue weighted by atomic mass is 10.2. The third kappa shape index (κ3) is 4.57.